The van der Waals surface area contributed by atoms with Crippen molar-refractivity contribution in [2.45, 2.75) is 39.5 Å². The fourth-order valence-corrected chi connectivity index (χ4v) is 3.38. The molecule has 0 radical (unpaired) electrons. The predicted octanol–water partition coefficient (Wildman–Crippen LogP) is 2.37. The molecule has 4 nitrogen and oxygen atoms in total. The van der Waals surface area contributed by atoms with Gasteiger partial charge in [-0.3, -0.25) is 4.79 Å². The van der Waals surface area contributed by atoms with E-state index in [1.807, 2.05) is 0 Å². The lowest BCUT2D eigenvalue weighted by molar-refractivity contribution is -0.122. The molecule has 128 valence electrons. The molecule has 2 rings (SSSR count). The minimum Gasteiger partial charge on any atom is -0.384 e. The van der Waals surface area contributed by atoms with E-state index in [1.54, 1.807) is 7.11 Å². The summed E-state index contributed by atoms with van der Waals surface area (Å²) in [6.45, 7) is 7.64. The molecule has 1 aliphatic heterocycles. The van der Waals surface area contributed by atoms with Gasteiger partial charge >= 0.3 is 0 Å². The van der Waals surface area contributed by atoms with Crippen LogP contribution < -0.4 is 10.6 Å². The molecule has 0 unspecified atom stereocenters. The smallest absolute Gasteiger partial charge is 0.220 e. The van der Waals surface area contributed by atoms with Gasteiger partial charge in [0.1, 0.15) is 0 Å². The van der Waals surface area contributed by atoms with E-state index in [4.69, 9.17) is 4.74 Å². The molecule has 1 saturated heterocycles. The summed E-state index contributed by atoms with van der Waals surface area (Å²) in [5.74, 6) is 0.138. The first-order chi connectivity index (χ1) is 11.0. The first-order valence-electron chi connectivity index (χ1n) is 8.57. The summed E-state index contributed by atoms with van der Waals surface area (Å²) >= 11 is 0. The van der Waals surface area contributed by atoms with Gasteiger partial charge < -0.3 is 15.4 Å². The van der Waals surface area contributed by atoms with Crippen molar-refractivity contribution in [3.05, 3.63) is 34.9 Å². The van der Waals surface area contributed by atoms with Gasteiger partial charge in [-0.15, -0.1) is 0 Å². The van der Waals surface area contributed by atoms with Gasteiger partial charge in [-0.05, 0) is 57.3 Å². The van der Waals surface area contributed by atoms with E-state index in [0.717, 1.165) is 32.4 Å². The van der Waals surface area contributed by atoms with Gasteiger partial charge in [-0.2, -0.15) is 0 Å². The van der Waals surface area contributed by atoms with Crippen molar-refractivity contribution in [3.63, 3.8) is 0 Å². The summed E-state index contributed by atoms with van der Waals surface area (Å²) in [6.07, 6.45) is 3.46. The monoisotopic (exact) mass is 318 g/mol. The lowest BCUT2D eigenvalue weighted by atomic mass is 9.79. The summed E-state index contributed by atoms with van der Waals surface area (Å²) in [5, 5.41) is 6.51. The molecule has 2 N–H and O–H groups in total. The van der Waals surface area contributed by atoms with Gasteiger partial charge in [0.25, 0.3) is 0 Å². The largest absolute Gasteiger partial charge is 0.384 e. The van der Waals surface area contributed by atoms with Gasteiger partial charge in [-0.1, -0.05) is 23.8 Å². The standard InChI is InChI=1S/C19H30N2O2/c1-15-4-5-17(16(2)12-15)6-7-18(22)21-13-19(14-23-3)8-10-20-11-9-19/h4-5,12,20H,6-11,13-14H2,1-3H3,(H,21,22). The molecule has 4 heteroatoms. The second-order valence-corrected chi connectivity index (χ2v) is 6.89. The highest BCUT2D eigenvalue weighted by Crippen LogP contribution is 2.28. The number of piperidine rings is 1. The van der Waals surface area contributed by atoms with Gasteiger partial charge in [-0.25, -0.2) is 0 Å². The molecule has 0 aliphatic carbocycles. The number of amides is 1. The number of hydrogen-bond donors (Lipinski definition) is 2. The summed E-state index contributed by atoms with van der Waals surface area (Å²) in [5.41, 5.74) is 3.89. The Morgan fingerprint density at radius 2 is 2.04 bits per heavy atom. The van der Waals surface area contributed by atoms with Crippen LogP contribution in [0.3, 0.4) is 0 Å². The van der Waals surface area contributed by atoms with Crippen LogP contribution in [-0.4, -0.2) is 39.3 Å². The highest BCUT2D eigenvalue weighted by atomic mass is 16.5. The Bertz CT molecular complexity index is 517. The van der Waals surface area contributed by atoms with Crippen LogP contribution in [0.5, 0.6) is 0 Å². The van der Waals surface area contributed by atoms with Crippen LogP contribution in [-0.2, 0) is 16.0 Å². The molecule has 1 aliphatic rings. The van der Waals surface area contributed by atoms with Crippen molar-refractivity contribution in [2.24, 2.45) is 5.41 Å². The molecule has 1 heterocycles. The molecule has 1 aromatic rings. The Kier molecular flexibility index (Phi) is 6.60. The van der Waals surface area contributed by atoms with Crippen molar-refractivity contribution in [1.29, 1.82) is 0 Å². The van der Waals surface area contributed by atoms with E-state index in [9.17, 15) is 4.79 Å². The molecule has 0 spiro atoms. The summed E-state index contributed by atoms with van der Waals surface area (Å²) in [6, 6.07) is 6.43. The van der Waals surface area contributed by atoms with Crippen LogP contribution in [0, 0.1) is 19.3 Å². The van der Waals surface area contributed by atoms with Crippen molar-refractivity contribution >= 4 is 5.91 Å². The minimum absolute atomic E-state index is 0.0927. The van der Waals surface area contributed by atoms with Crippen molar-refractivity contribution < 1.29 is 9.53 Å². The average Bonchev–Trinajstić information content (AvgIpc) is 2.53. The third-order valence-corrected chi connectivity index (χ3v) is 4.89. The maximum Gasteiger partial charge on any atom is 0.220 e. The fourth-order valence-electron chi connectivity index (χ4n) is 3.38. The number of hydrogen-bond acceptors (Lipinski definition) is 3. The second kappa shape index (κ2) is 8.46. The van der Waals surface area contributed by atoms with Crippen molar-refractivity contribution in [3.8, 4) is 0 Å². The van der Waals surface area contributed by atoms with Crippen LogP contribution in [0.2, 0.25) is 0 Å². The number of ether oxygens (including phenoxy) is 1. The van der Waals surface area contributed by atoms with Crippen LogP contribution in [0.25, 0.3) is 0 Å². The number of carbonyl (C=O) groups is 1. The summed E-state index contributed by atoms with van der Waals surface area (Å²) < 4.78 is 5.39. The SMILES string of the molecule is COCC1(CNC(=O)CCc2ccc(C)cc2C)CCNCC1. The van der Waals surface area contributed by atoms with Gasteiger partial charge in [0.15, 0.2) is 0 Å². The highest BCUT2D eigenvalue weighted by molar-refractivity contribution is 5.76. The van der Waals surface area contributed by atoms with Gasteiger partial charge in [0.05, 0.1) is 6.61 Å². The topological polar surface area (TPSA) is 50.4 Å². The normalized spacial score (nSPS) is 17.0. The zero-order chi connectivity index (χ0) is 16.7. The molecule has 23 heavy (non-hydrogen) atoms. The number of nitrogens with one attached hydrogen (secondary N) is 2. The Morgan fingerprint density at radius 3 is 2.70 bits per heavy atom. The Hall–Kier alpha value is -1.39. The number of aryl methyl sites for hydroxylation is 3. The van der Waals surface area contributed by atoms with E-state index in [-0.39, 0.29) is 11.3 Å². The predicted molar refractivity (Wildman–Crippen MR) is 93.7 cm³/mol. The molecule has 0 saturated carbocycles. The summed E-state index contributed by atoms with van der Waals surface area (Å²) in [7, 11) is 1.74. The first-order valence-corrected chi connectivity index (χ1v) is 8.57. The van der Waals surface area contributed by atoms with Crippen molar-refractivity contribution in [1.82, 2.24) is 10.6 Å². The minimum atomic E-state index is 0.0927. The lowest BCUT2D eigenvalue weighted by Crippen LogP contribution is -2.47. The zero-order valence-electron chi connectivity index (χ0n) is 14.7. The van der Waals surface area contributed by atoms with Gasteiger partial charge in [0.2, 0.25) is 5.91 Å². The molecular formula is C19H30N2O2. The second-order valence-electron chi connectivity index (χ2n) is 6.89. The first kappa shape index (κ1) is 18.0. The third kappa shape index (κ3) is 5.33. The molecule has 0 atom stereocenters. The Balaban J connectivity index is 1.81. The molecule has 1 fully saturated rings. The molecular weight excluding hydrogens is 288 g/mol. The number of rotatable bonds is 7. The van der Waals surface area contributed by atoms with E-state index in [2.05, 4.69) is 42.7 Å². The zero-order valence-corrected chi connectivity index (χ0v) is 14.7. The number of methoxy groups -OCH3 is 1. The Labute approximate surface area is 140 Å². The molecule has 1 amide bonds. The van der Waals surface area contributed by atoms with E-state index < -0.39 is 0 Å². The number of benzene rings is 1. The van der Waals surface area contributed by atoms with Crippen LogP contribution in [0.1, 0.15) is 36.0 Å². The van der Waals surface area contributed by atoms with Crippen LogP contribution in [0.15, 0.2) is 18.2 Å². The van der Waals surface area contributed by atoms with Crippen molar-refractivity contribution in [2.75, 3.05) is 33.4 Å². The van der Waals surface area contributed by atoms with E-state index in [0.29, 0.717) is 19.6 Å². The van der Waals surface area contributed by atoms with Crippen LogP contribution >= 0.6 is 0 Å². The highest BCUT2D eigenvalue weighted by Gasteiger charge is 2.32. The quantitative estimate of drug-likeness (QED) is 0.811. The third-order valence-electron chi connectivity index (χ3n) is 4.89. The maximum atomic E-state index is 12.2. The molecule has 1 aromatic carbocycles. The van der Waals surface area contributed by atoms with Crippen LogP contribution in [0.4, 0.5) is 0 Å². The Morgan fingerprint density at radius 1 is 1.30 bits per heavy atom. The molecule has 0 bridgehead atoms. The van der Waals surface area contributed by atoms with E-state index >= 15 is 0 Å². The van der Waals surface area contributed by atoms with E-state index in [1.165, 1.54) is 16.7 Å². The maximum absolute atomic E-state index is 12.2. The van der Waals surface area contributed by atoms with Gasteiger partial charge in [0, 0.05) is 25.5 Å². The average molecular weight is 318 g/mol. The summed E-state index contributed by atoms with van der Waals surface area (Å²) in [4.78, 5) is 12.2. The lowest BCUT2D eigenvalue weighted by Gasteiger charge is -2.37. The number of carbonyl (C=O) groups excluding carboxylic acids is 1. The fraction of sp³-hybridized carbons (Fsp3) is 0.632. The molecule has 0 aromatic heterocycles.